The van der Waals surface area contributed by atoms with Crippen LogP contribution in [0.1, 0.15) is 19.4 Å². The summed E-state index contributed by atoms with van der Waals surface area (Å²) in [5.41, 5.74) is 6.49. The SMILES string of the molecule is CC1(C)CN(Cc2ccc(N)c(F)c2)CCO1. The van der Waals surface area contributed by atoms with Gasteiger partial charge in [0.2, 0.25) is 0 Å². The van der Waals surface area contributed by atoms with Gasteiger partial charge in [-0.1, -0.05) is 6.07 Å². The summed E-state index contributed by atoms with van der Waals surface area (Å²) in [6.07, 6.45) is 0. The van der Waals surface area contributed by atoms with Gasteiger partial charge in [0.1, 0.15) is 5.82 Å². The van der Waals surface area contributed by atoms with Gasteiger partial charge >= 0.3 is 0 Å². The lowest BCUT2D eigenvalue weighted by atomic mass is 10.1. The Balaban J connectivity index is 2.03. The van der Waals surface area contributed by atoms with Crippen LogP contribution in [0.25, 0.3) is 0 Å². The molecule has 3 nitrogen and oxygen atoms in total. The number of nitrogens with two attached hydrogens (primary N) is 1. The first-order chi connectivity index (χ1) is 7.96. The largest absolute Gasteiger partial charge is 0.396 e. The summed E-state index contributed by atoms with van der Waals surface area (Å²) in [7, 11) is 0. The summed E-state index contributed by atoms with van der Waals surface area (Å²) in [6, 6.07) is 5.01. The maximum atomic E-state index is 13.3. The molecular weight excluding hydrogens is 219 g/mol. The number of nitrogen functional groups attached to an aromatic ring is 1. The fourth-order valence-electron chi connectivity index (χ4n) is 2.18. The zero-order chi connectivity index (χ0) is 12.5. The molecular formula is C13H19FN2O. The Hall–Kier alpha value is -1.13. The van der Waals surface area contributed by atoms with Crippen LogP contribution >= 0.6 is 0 Å². The molecule has 0 unspecified atom stereocenters. The van der Waals surface area contributed by atoms with E-state index in [1.165, 1.54) is 6.07 Å². The molecule has 2 N–H and O–H groups in total. The van der Waals surface area contributed by atoms with Crippen molar-refractivity contribution in [2.24, 2.45) is 0 Å². The van der Waals surface area contributed by atoms with Crippen LogP contribution in [0, 0.1) is 5.82 Å². The summed E-state index contributed by atoms with van der Waals surface area (Å²) in [5.74, 6) is -0.338. The summed E-state index contributed by atoms with van der Waals surface area (Å²) < 4.78 is 19.0. The minimum Gasteiger partial charge on any atom is -0.396 e. The molecule has 1 saturated heterocycles. The molecule has 0 amide bonds. The van der Waals surface area contributed by atoms with Crippen LogP contribution in [0.4, 0.5) is 10.1 Å². The average molecular weight is 238 g/mol. The molecule has 0 radical (unpaired) electrons. The lowest BCUT2D eigenvalue weighted by molar-refractivity contribution is -0.0882. The topological polar surface area (TPSA) is 38.5 Å². The highest BCUT2D eigenvalue weighted by Gasteiger charge is 2.26. The van der Waals surface area contributed by atoms with Gasteiger partial charge in [0.25, 0.3) is 0 Å². The maximum Gasteiger partial charge on any atom is 0.146 e. The number of halogens is 1. The Morgan fingerprint density at radius 3 is 2.88 bits per heavy atom. The first-order valence-corrected chi connectivity index (χ1v) is 5.86. The minimum atomic E-state index is -0.338. The second kappa shape index (κ2) is 4.63. The van der Waals surface area contributed by atoms with Gasteiger partial charge < -0.3 is 10.5 Å². The van der Waals surface area contributed by atoms with Gasteiger partial charge in [-0.25, -0.2) is 4.39 Å². The first kappa shape index (κ1) is 12.3. The van der Waals surface area contributed by atoms with Crippen LogP contribution in [0.15, 0.2) is 18.2 Å². The number of rotatable bonds is 2. The van der Waals surface area contributed by atoms with E-state index in [1.54, 1.807) is 6.07 Å². The molecule has 1 aromatic rings. The monoisotopic (exact) mass is 238 g/mol. The smallest absolute Gasteiger partial charge is 0.146 e. The molecule has 1 heterocycles. The highest BCUT2D eigenvalue weighted by atomic mass is 19.1. The van der Waals surface area contributed by atoms with Gasteiger partial charge in [-0.15, -0.1) is 0 Å². The Morgan fingerprint density at radius 1 is 1.47 bits per heavy atom. The molecule has 1 aromatic carbocycles. The van der Waals surface area contributed by atoms with Gasteiger partial charge in [0, 0.05) is 19.6 Å². The summed E-state index contributed by atoms with van der Waals surface area (Å²) in [5, 5.41) is 0. The van der Waals surface area contributed by atoms with Crippen molar-refractivity contribution in [3.8, 4) is 0 Å². The minimum absolute atomic E-state index is 0.120. The second-order valence-corrected chi connectivity index (χ2v) is 5.17. The highest BCUT2D eigenvalue weighted by Crippen LogP contribution is 2.19. The highest BCUT2D eigenvalue weighted by molar-refractivity contribution is 5.41. The van der Waals surface area contributed by atoms with Crippen LogP contribution in [0.2, 0.25) is 0 Å². The van der Waals surface area contributed by atoms with Crippen molar-refractivity contribution in [2.45, 2.75) is 26.0 Å². The Morgan fingerprint density at radius 2 is 2.24 bits per heavy atom. The van der Waals surface area contributed by atoms with Crippen LogP contribution < -0.4 is 5.73 Å². The standard InChI is InChI=1S/C13H19FN2O/c1-13(2)9-16(5-6-17-13)8-10-3-4-12(15)11(14)7-10/h3-4,7H,5-6,8-9,15H2,1-2H3. The number of nitrogens with zero attached hydrogens (tertiary/aromatic N) is 1. The van der Waals surface area contributed by atoms with Crippen LogP contribution in [-0.2, 0) is 11.3 Å². The van der Waals surface area contributed by atoms with Gasteiger partial charge in [-0.3, -0.25) is 4.90 Å². The van der Waals surface area contributed by atoms with E-state index in [1.807, 2.05) is 6.07 Å². The molecule has 1 aliphatic heterocycles. The fraction of sp³-hybridized carbons (Fsp3) is 0.538. The molecule has 0 aromatic heterocycles. The van der Waals surface area contributed by atoms with Crippen molar-refractivity contribution in [2.75, 3.05) is 25.4 Å². The summed E-state index contributed by atoms with van der Waals surface area (Å²) in [4.78, 5) is 2.27. The fourth-order valence-corrected chi connectivity index (χ4v) is 2.18. The third-order valence-corrected chi connectivity index (χ3v) is 2.98. The zero-order valence-electron chi connectivity index (χ0n) is 10.4. The van der Waals surface area contributed by atoms with Crippen molar-refractivity contribution < 1.29 is 9.13 Å². The number of anilines is 1. The third-order valence-electron chi connectivity index (χ3n) is 2.98. The Kier molecular flexibility index (Phi) is 3.35. The van der Waals surface area contributed by atoms with E-state index in [2.05, 4.69) is 18.7 Å². The number of hydrogen-bond donors (Lipinski definition) is 1. The lowest BCUT2D eigenvalue weighted by Gasteiger charge is -2.38. The molecule has 0 spiro atoms. The van der Waals surface area contributed by atoms with E-state index in [4.69, 9.17) is 10.5 Å². The van der Waals surface area contributed by atoms with E-state index in [9.17, 15) is 4.39 Å². The molecule has 94 valence electrons. The Bertz CT molecular complexity index is 406. The predicted octanol–water partition coefficient (Wildman–Crippen LogP) is 2.02. The van der Waals surface area contributed by atoms with Crippen molar-refractivity contribution in [3.05, 3.63) is 29.6 Å². The molecule has 1 aliphatic rings. The zero-order valence-corrected chi connectivity index (χ0v) is 10.4. The van der Waals surface area contributed by atoms with E-state index in [-0.39, 0.29) is 17.1 Å². The second-order valence-electron chi connectivity index (χ2n) is 5.17. The molecule has 0 saturated carbocycles. The van der Waals surface area contributed by atoms with Crippen molar-refractivity contribution in [1.29, 1.82) is 0 Å². The molecule has 4 heteroatoms. The molecule has 17 heavy (non-hydrogen) atoms. The lowest BCUT2D eigenvalue weighted by Crippen LogP contribution is -2.47. The van der Waals surface area contributed by atoms with E-state index < -0.39 is 0 Å². The van der Waals surface area contributed by atoms with Gasteiger partial charge in [-0.05, 0) is 31.5 Å². The van der Waals surface area contributed by atoms with Gasteiger partial charge in [0.15, 0.2) is 0 Å². The van der Waals surface area contributed by atoms with E-state index in [0.29, 0.717) is 0 Å². The van der Waals surface area contributed by atoms with Crippen LogP contribution in [-0.4, -0.2) is 30.2 Å². The average Bonchev–Trinajstić information content (AvgIpc) is 2.22. The summed E-state index contributed by atoms with van der Waals surface area (Å²) >= 11 is 0. The van der Waals surface area contributed by atoms with Crippen molar-refractivity contribution >= 4 is 5.69 Å². The number of ether oxygens (including phenoxy) is 1. The quantitative estimate of drug-likeness (QED) is 0.801. The molecule has 2 rings (SSSR count). The Labute approximate surface area is 101 Å². The third kappa shape index (κ3) is 3.17. The van der Waals surface area contributed by atoms with Crippen molar-refractivity contribution in [3.63, 3.8) is 0 Å². The predicted molar refractivity (Wildman–Crippen MR) is 66.1 cm³/mol. The number of benzene rings is 1. The molecule has 0 atom stereocenters. The van der Waals surface area contributed by atoms with E-state index >= 15 is 0 Å². The first-order valence-electron chi connectivity index (χ1n) is 5.86. The molecule has 1 fully saturated rings. The van der Waals surface area contributed by atoms with Crippen molar-refractivity contribution in [1.82, 2.24) is 4.90 Å². The summed E-state index contributed by atoms with van der Waals surface area (Å²) in [6.45, 7) is 7.36. The van der Waals surface area contributed by atoms with Crippen LogP contribution in [0.3, 0.4) is 0 Å². The van der Waals surface area contributed by atoms with Gasteiger partial charge in [0.05, 0.1) is 17.9 Å². The molecule has 0 aliphatic carbocycles. The molecule has 0 bridgehead atoms. The van der Waals surface area contributed by atoms with E-state index in [0.717, 1.165) is 31.8 Å². The normalized spacial score (nSPS) is 20.4. The van der Waals surface area contributed by atoms with Gasteiger partial charge in [-0.2, -0.15) is 0 Å². The number of morpholine rings is 1. The number of hydrogen-bond acceptors (Lipinski definition) is 3. The van der Waals surface area contributed by atoms with Crippen LogP contribution in [0.5, 0.6) is 0 Å². The maximum absolute atomic E-state index is 13.3.